The summed E-state index contributed by atoms with van der Waals surface area (Å²) in [5.74, 6) is -0.191. The number of nitrogens with zero attached hydrogens (tertiary/aromatic N) is 1. The molecule has 5 aliphatic rings. The summed E-state index contributed by atoms with van der Waals surface area (Å²) in [6, 6.07) is 3.30. The SMILES string of the molecule is CC(C)C1=C2[C@H]3CC[C@@H]4[C@@]5(C)CC[C@H](OC(=O)CC(C)(C)C(=O)O)C(C)(C)[C@@H]5CC[C@@]4(C)[C@]3(C)CC[C@@]2(/C=C/C(=O)N[C@H](C)c2ccc(Cl)cn2)CC1=O. The van der Waals surface area contributed by atoms with E-state index in [4.69, 9.17) is 16.3 Å². The molecule has 0 saturated heterocycles. The zero-order chi connectivity index (χ0) is 39.8. The number of pyridine rings is 1. The van der Waals surface area contributed by atoms with Crippen molar-refractivity contribution >= 4 is 35.2 Å². The minimum absolute atomic E-state index is 0.0196. The van der Waals surface area contributed by atoms with Crippen molar-refractivity contribution in [3.05, 3.63) is 52.3 Å². The number of esters is 1. The van der Waals surface area contributed by atoms with Crippen LogP contribution in [0.1, 0.15) is 145 Å². The molecule has 54 heavy (non-hydrogen) atoms. The molecule has 5 aliphatic carbocycles. The van der Waals surface area contributed by atoms with Crippen LogP contribution in [0.25, 0.3) is 0 Å². The summed E-state index contributed by atoms with van der Waals surface area (Å²) >= 11 is 6.03. The lowest BCUT2D eigenvalue weighted by Crippen LogP contribution is -2.65. The second-order valence-corrected chi connectivity index (χ2v) is 20.5. The van der Waals surface area contributed by atoms with E-state index in [0.717, 1.165) is 62.6 Å². The van der Waals surface area contributed by atoms with Crippen LogP contribution in [0.5, 0.6) is 0 Å². The van der Waals surface area contributed by atoms with Gasteiger partial charge in [-0.15, -0.1) is 0 Å². The Balaban J connectivity index is 1.26. The molecule has 0 spiro atoms. The second-order valence-electron chi connectivity index (χ2n) is 20.0. The number of allylic oxidation sites excluding steroid dienone is 3. The lowest BCUT2D eigenvalue weighted by atomic mass is 9.33. The summed E-state index contributed by atoms with van der Waals surface area (Å²) < 4.78 is 6.16. The third-order valence-electron chi connectivity index (χ3n) is 16.0. The maximum Gasteiger partial charge on any atom is 0.309 e. The smallest absolute Gasteiger partial charge is 0.309 e. The Kier molecular flexibility index (Phi) is 10.5. The number of rotatable bonds is 9. The van der Waals surface area contributed by atoms with Gasteiger partial charge in [-0.3, -0.25) is 24.2 Å². The van der Waals surface area contributed by atoms with Gasteiger partial charge in [-0.25, -0.2) is 0 Å². The number of ether oxygens (including phenoxy) is 1. The third-order valence-corrected chi connectivity index (χ3v) is 16.2. The van der Waals surface area contributed by atoms with Crippen LogP contribution in [-0.4, -0.2) is 39.8 Å². The molecule has 9 heteroatoms. The first kappa shape index (κ1) is 40.7. The average Bonchev–Trinajstić information content (AvgIpc) is 3.37. The van der Waals surface area contributed by atoms with Crippen LogP contribution in [0, 0.1) is 56.2 Å². The van der Waals surface area contributed by atoms with E-state index in [1.807, 2.05) is 13.0 Å². The minimum Gasteiger partial charge on any atom is -0.481 e. The first-order chi connectivity index (χ1) is 25.0. The van der Waals surface area contributed by atoms with Crippen LogP contribution in [0.15, 0.2) is 41.6 Å². The van der Waals surface area contributed by atoms with E-state index < -0.39 is 22.8 Å². The van der Waals surface area contributed by atoms with Crippen molar-refractivity contribution in [1.29, 1.82) is 0 Å². The molecular weight excluding hydrogens is 700 g/mol. The van der Waals surface area contributed by atoms with Crippen molar-refractivity contribution in [2.75, 3.05) is 0 Å². The maximum atomic E-state index is 14.0. The molecule has 9 atom stereocenters. The third kappa shape index (κ3) is 6.48. The second kappa shape index (κ2) is 13.9. The molecule has 8 nitrogen and oxygen atoms in total. The first-order valence-corrected chi connectivity index (χ1v) is 20.7. The molecule has 1 aromatic heterocycles. The fourth-order valence-corrected chi connectivity index (χ4v) is 13.0. The fourth-order valence-electron chi connectivity index (χ4n) is 12.9. The highest BCUT2D eigenvalue weighted by molar-refractivity contribution is 6.30. The lowest BCUT2D eigenvalue weighted by molar-refractivity contribution is -0.232. The number of amides is 1. The van der Waals surface area contributed by atoms with E-state index in [1.165, 1.54) is 5.57 Å². The zero-order valence-corrected chi connectivity index (χ0v) is 35.0. The number of nitrogens with one attached hydrogen (secondary N) is 1. The van der Waals surface area contributed by atoms with Crippen LogP contribution >= 0.6 is 11.6 Å². The van der Waals surface area contributed by atoms with Gasteiger partial charge in [0.15, 0.2) is 5.78 Å². The molecular formula is C45H63ClN2O6. The Hall–Kier alpha value is -3.00. The van der Waals surface area contributed by atoms with Crippen LogP contribution in [0.2, 0.25) is 5.02 Å². The molecule has 296 valence electrons. The number of aromatic nitrogens is 1. The number of aliphatic carboxylic acids is 1. The molecule has 4 saturated carbocycles. The molecule has 1 aromatic rings. The summed E-state index contributed by atoms with van der Waals surface area (Å²) in [4.78, 5) is 56.6. The molecule has 1 amide bonds. The number of fused-ring (bicyclic) bond motifs is 7. The van der Waals surface area contributed by atoms with Gasteiger partial charge in [0, 0.05) is 23.4 Å². The van der Waals surface area contributed by atoms with Gasteiger partial charge in [0.1, 0.15) is 6.10 Å². The number of hydrogen-bond donors (Lipinski definition) is 2. The van der Waals surface area contributed by atoms with Crippen LogP contribution < -0.4 is 5.32 Å². The number of ketones is 1. The number of carbonyl (C=O) groups is 4. The minimum atomic E-state index is -1.17. The van der Waals surface area contributed by atoms with Gasteiger partial charge < -0.3 is 15.2 Å². The lowest BCUT2D eigenvalue weighted by Gasteiger charge is -2.72. The average molecular weight is 763 g/mol. The normalized spacial score (nSPS) is 36.6. The highest BCUT2D eigenvalue weighted by Crippen LogP contribution is 2.77. The van der Waals surface area contributed by atoms with Gasteiger partial charge in [-0.1, -0.05) is 66.1 Å². The number of carboxylic acids is 1. The fraction of sp³-hybridized carbons (Fsp3) is 0.711. The van der Waals surface area contributed by atoms with Gasteiger partial charge >= 0.3 is 11.9 Å². The van der Waals surface area contributed by atoms with Crippen LogP contribution in [-0.2, 0) is 23.9 Å². The highest BCUT2D eigenvalue weighted by atomic mass is 35.5. The monoisotopic (exact) mass is 762 g/mol. The number of carbonyl (C=O) groups excluding carboxylic acids is 3. The molecule has 1 heterocycles. The standard InChI is InChI=1S/C45H63ClN2O6/c1-26(2)37-31(49)23-45(20-17-35(50)48-27(3)30-13-11-28(46)25-47-30)22-21-43(9)29(38(37)45)12-14-33-42(8)18-16-34(54-36(51)24-40(4,5)39(52)53)41(6,7)32(42)15-19-44(33,43)10/h11,13,17,20,25-27,29,32-34H,12,14-16,18-19,21-24H2,1-10H3,(H,48,50)(H,52,53)/b20-17+/t27-,29-,32+,33-,34+,42+,43-,44-,45+/m1/s1. The van der Waals surface area contributed by atoms with Gasteiger partial charge in [-0.05, 0) is 141 Å². The highest BCUT2D eigenvalue weighted by Gasteiger charge is 2.70. The zero-order valence-electron chi connectivity index (χ0n) is 34.2. The van der Waals surface area contributed by atoms with Crippen LogP contribution in [0.3, 0.4) is 0 Å². The molecule has 4 fully saturated rings. The van der Waals surface area contributed by atoms with E-state index in [1.54, 1.807) is 32.2 Å². The Morgan fingerprint density at radius 3 is 2.31 bits per heavy atom. The topological polar surface area (TPSA) is 123 Å². The van der Waals surface area contributed by atoms with Crippen molar-refractivity contribution in [3.63, 3.8) is 0 Å². The van der Waals surface area contributed by atoms with Crippen molar-refractivity contribution in [3.8, 4) is 0 Å². The van der Waals surface area contributed by atoms with E-state index in [2.05, 4.69) is 64.8 Å². The Morgan fingerprint density at radius 2 is 1.69 bits per heavy atom. The Bertz CT molecular complexity index is 1760. The molecule has 0 aliphatic heterocycles. The maximum absolute atomic E-state index is 14.0. The molecule has 0 aromatic carbocycles. The van der Waals surface area contributed by atoms with Gasteiger partial charge in [0.2, 0.25) is 5.91 Å². The summed E-state index contributed by atoms with van der Waals surface area (Å²) in [5.41, 5.74) is 1.22. The molecule has 6 rings (SSSR count). The molecule has 2 N–H and O–H groups in total. The molecule has 0 bridgehead atoms. The quantitative estimate of drug-likeness (QED) is 0.190. The van der Waals surface area contributed by atoms with Gasteiger partial charge in [-0.2, -0.15) is 0 Å². The molecule has 0 unspecified atom stereocenters. The van der Waals surface area contributed by atoms with E-state index in [-0.39, 0.29) is 63.8 Å². The summed E-state index contributed by atoms with van der Waals surface area (Å²) in [6.07, 6.45) is 13.1. The summed E-state index contributed by atoms with van der Waals surface area (Å²) in [5, 5.41) is 13.2. The predicted molar refractivity (Wildman–Crippen MR) is 210 cm³/mol. The van der Waals surface area contributed by atoms with Crippen molar-refractivity contribution in [1.82, 2.24) is 10.3 Å². The summed E-state index contributed by atoms with van der Waals surface area (Å²) in [6.45, 7) is 21.5. The Labute approximate surface area is 327 Å². The number of hydrogen-bond acceptors (Lipinski definition) is 6. The van der Waals surface area contributed by atoms with Gasteiger partial charge in [0.05, 0.1) is 28.6 Å². The van der Waals surface area contributed by atoms with Crippen molar-refractivity contribution in [2.45, 2.75) is 146 Å². The van der Waals surface area contributed by atoms with E-state index in [0.29, 0.717) is 23.3 Å². The predicted octanol–water partition coefficient (Wildman–Crippen LogP) is 9.86. The van der Waals surface area contributed by atoms with Gasteiger partial charge in [0.25, 0.3) is 0 Å². The number of halogens is 1. The first-order valence-electron chi connectivity index (χ1n) is 20.3. The number of Topliss-reactive ketones (excluding diaryl/α,β-unsaturated/α-hetero) is 1. The molecule has 0 radical (unpaired) electrons. The van der Waals surface area contributed by atoms with E-state index >= 15 is 0 Å². The van der Waals surface area contributed by atoms with E-state index in [9.17, 15) is 24.3 Å². The number of carboxylic acid groups (broad SMARTS) is 1. The largest absolute Gasteiger partial charge is 0.481 e. The van der Waals surface area contributed by atoms with Crippen LogP contribution in [0.4, 0.5) is 0 Å². The summed E-state index contributed by atoms with van der Waals surface area (Å²) in [7, 11) is 0. The van der Waals surface area contributed by atoms with Crippen molar-refractivity contribution < 1.29 is 29.0 Å². The Morgan fingerprint density at radius 1 is 0.981 bits per heavy atom. The van der Waals surface area contributed by atoms with Crippen molar-refractivity contribution in [2.24, 2.45) is 56.2 Å².